The summed E-state index contributed by atoms with van der Waals surface area (Å²) in [6.45, 7) is 17.5. The topological polar surface area (TPSA) is 21.6 Å². The monoisotopic (exact) mass is 345 g/mol. The standard InChI is InChI=1S/C21H32NOP/c1-19(2,3)24(20(4,5)6)17-13-21(17,7)18-22-16(14-23-18)15-11-9-8-10-12-15/h8-12,16-17H,13-14H2,1-7H3/t16-,17-,21+/m0/s1. The molecule has 0 spiro atoms. The van der Waals surface area contributed by atoms with Crippen LogP contribution in [0, 0.1) is 5.41 Å². The number of hydrogen-bond acceptors (Lipinski definition) is 2. The van der Waals surface area contributed by atoms with E-state index in [1.807, 2.05) is 0 Å². The lowest BCUT2D eigenvalue weighted by molar-refractivity contribution is 0.298. The molecule has 2 aliphatic rings. The first-order chi connectivity index (χ1) is 11.0. The highest BCUT2D eigenvalue weighted by molar-refractivity contribution is 7.62. The van der Waals surface area contributed by atoms with Crippen LogP contribution in [0.1, 0.15) is 66.5 Å². The van der Waals surface area contributed by atoms with E-state index in [1.54, 1.807) is 0 Å². The molecule has 3 atom stereocenters. The van der Waals surface area contributed by atoms with Crippen molar-refractivity contribution in [1.29, 1.82) is 0 Å². The molecule has 0 radical (unpaired) electrons. The molecule has 1 aromatic rings. The van der Waals surface area contributed by atoms with E-state index < -0.39 is 0 Å². The molecule has 1 aromatic carbocycles. The summed E-state index contributed by atoms with van der Waals surface area (Å²) >= 11 is 0. The van der Waals surface area contributed by atoms with Gasteiger partial charge in [-0.05, 0) is 28.0 Å². The van der Waals surface area contributed by atoms with E-state index in [0.29, 0.717) is 16.9 Å². The minimum absolute atomic E-state index is 0.124. The van der Waals surface area contributed by atoms with Crippen molar-refractivity contribution in [3.63, 3.8) is 0 Å². The summed E-state index contributed by atoms with van der Waals surface area (Å²) in [5.74, 6) is 1.02. The van der Waals surface area contributed by atoms with Gasteiger partial charge in [-0.15, -0.1) is 0 Å². The van der Waals surface area contributed by atoms with Crippen LogP contribution in [0.5, 0.6) is 0 Å². The number of ether oxygens (including phenoxy) is 1. The van der Waals surface area contributed by atoms with Crippen molar-refractivity contribution in [3.8, 4) is 0 Å². The Hall–Kier alpha value is -0.880. The summed E-state index contributed by atoms with van der Waals surface area (Å²) in [6, 6.07) is 10.7. The molecule has 132 valence electrons. The van der Waals surface area contributed by atoms with Crippen LogP contribution in [-0.2, 0) is 4.74 Å². The molecular weight excluding hydrogens is 313 g/mol. The minimum Gasteiger partial charge on any atom is -0.478 e. The molecule has 1 fully saturated rings. The second-order valence-corrected chi connectivity index (χ2v) is 13.6. The van der Waals surface area contributed by atoms with Crippen molar-refractivity contribution in [2.75, 3.05) is 6.61 Å². The van der Waals surface area contributed by atoms with Crippen LogP contribution in [0.15, 0.2) is 35.3 Å². The van der Waals surface area contributed by atoms with E-state index in [9.17, 15) is 0 Å². The van der Waals surface area contributed by atoms with Gasteiger partial charge >= 0.3 is 0 Å². The van der Waals surface area contributed by atoms with E-state index in [1.165, 1.54) is 12.0 Å². The van der Waals surface area contributed by atoms with Crippen LogP contribution >= 0.6 is 7.92 Å². The van der Waals surface area contributed by atoms with Crippen molar-refractivity contribution in [3.05, 3.63) is 35.9 Å². The van der Waals surface area contributed by atoms with Crippen LogP contribution in [0.2, 0.25) is 0 Å². The van der Waals surface area contributed by atoms with Gasteiger partial charge in [-0.3, -0.25) is 0 Å². The number of nitrogens with zero attached hydrogens (tertiary/aromatic N) is 1. The summed E-state index contributed by atoms with van der Waals surface area (Å²) in [5.41, 5.74) is 2.14. The van der Waals surface area contributed by atoms with E-state index in [2.05, 4.69) is 78.8 Å². The zero-order valence-corrected chi connectivity index (χ0v) is 17.2. The molecule has 0 unspecified atom stereocenters. The van der Waals surface area contributed by atoms with Gasteiger partial charge in [-0.1, -0.05) is 86.7 Å². The fourth-order valence-electron chi connectivity index (χ4n) is 4.42. The Labute approximate surface area is 148 Å². The maximum absolute atomic E-state index is 6.11. The number of rotatable bonds is 3. The Balaban J connectivity index is 1.81. The van der Waals surface area contributed by atoms with Gasteiger partial charge < -0.3 is 4.74 Å². The molecule has 0 N–H and O–H groups in total. The third-order valence-corrected chi connectivity index (χ3v) is 9.54. The highest BCUT2D eigenvalue weighted by Gasteiger charge is 2.63. The van der Waals surface area contributed by atoms with Gasteiger partial charge in [0.25, 0.3) is 0 Å². The molecule has 3 rings (SSSR count). The summed E-state index contributed by atoms with van der Waals surface area (Å²) in [6.07, 6.45) is 1.23. The normalized spacial score (nSPS) is 30.2. The summed E-state index contributed by atoms with van der Waals surface area (Å²) in [7, 11) is -0.124. The van der Waals surface area contributed by atoms with Gasteiger partial charge in [0.1, 0.15) is 12.6 Å². The van der Waals surface area contributed by atoms with Gasteiger partial charge in [0.2, 0.25) is 0 Å². The van der Waals surface area contributed by atoms with Crippen LogP contribution in [0.4, 0.5) is 0 Å². The Morgan fingerprint density at radius 1 is 1.04 bits per heavy atom. The van der Waals surface area contributed by atoms with E-state index >= 15 is 0 Å². The lowest BCUT2D eigenvalue weighted by Crippen LogP contribution is -2.30. The van der Waals surface area contributed by atoms with Gasteiger partial charge in [0.15, 0.2) is 5.90 Å². The van der Waals surface area contributed by atoms with Crippen LogP contribution in [-0.4, -0.2) is 28.5 Å². The average Bonchev–Trinajstić information content (AvgIpc) is 2.91. The van der Waals surface area contributed by atoms with Crippen molar-refractivity contribution in [2.24, 2.45) is 10.4 Å². The molecule has 24 heavy (non-hydrogen) atoms. The van der Waals surface area contributed by atoms with Crippen molar-refractivity contribution < 1.29 is 4.74 Å². The van der Waals surface area contributed by atoms with Gasteiger partial charge in [0, 0.05) is 0 Å². The number of benzene rings is 1. The lowest BCUT2D eigenvalue weighted by Gasteiger charge is -2.43. The van der Waals surface area contributed by atoms with Gasteiger partial charge in [-0.25, -0.2) is 4.99 Å². The SMILES string of the molecule is CC(C)(C)P([C@H]1C[C@@]1(C)C1=N[C@H](c2ccccc2)CO1)C(C)(C)C. The molecule has 1 aliphatic heterocycles. The number of hydrogen-bond donors (Lipinski definition) is 0. The summed E-state index contributed by atoms with van der Waals surface area (Å²) < 4.78 is 6.11. The Kier molecular flexibility index (Phi) is 4.36. The minimum atomic E-state index is -0.124. The predicted molar refractivity (Wildman–Crippen MR) is 106 cm³/mol. The molecule has 0 bridgehead atoms. The van der Waals surface area contributed by atoms with Gasteiger partial charge in [-0.2, -0.15) is 0 Å². The molecule has 1 aliphatic carbocycles. The molecule has 1 saturated carbocycles. The first-order valence-corrected chi connectivity index (χ1v) is 10.5. The first kappa shape index (κ1) is 17.9. The lowest BCUT2D eigenvalue weighted by atomic mass is 10.1. The molecule has 2 nitrogen and oxygen atoms in total. The largest absolute Gasteiger partial charge is 0.478 e. The molecule has 0 aromatic heterocycles. The zero-order chi connectivity index (χ0) is 17.8. The average molecular weight is 345 g/mol. The third-order valence-electron chi connectivity index (χ3n) is 5.27. The molecule has 1 heterocycles. The fraction of sp³-hybridized carbons (Fsp3) is 0.667. The Bertz CT molecular complexity index is 611. The third kappa shape index (κ3) is 3.27. The van der Waals surface area contributed by atoms with Crippen molar-refractivity contribution in [1.82, 2.24) is 0 Å². The van der Waals surface area contributed by atoms with Crippen LogP contribution in [0.25, 0.3) is 0 Å². The number of aliphatic imine (C=N–C) groups is 1. The fourth-order valence-corrected chi connectivity index (χ4v) is 9.55. The second-order valence-electron chi connectivity index (χ2n) is 9.52. The molecular formula is C21H32NOP. The van der Waals surface area contributed by atoms with Crippen LogP contribution < -0.4 is 0 Å². The summed E-state index contributed by atoms with van der Waals surface area (Å²) in [5, 5.41) is 0.710. The first-order valence-electron chi connectivity index (χ1n) is 9.09. The Morgan fingerprint density at radius 3 is 2.17 bits per heavy atom. The molecule has 3 heteroatoms. The van der Waals surface area contributed by atoms with Crippen molar-refractivity contribution in [2.45, 2.75) is 76.9 Å². The zero-order valence-electron chi connectivity index (χ0n) is 16.3. The maximum Gasteiger partial charge on any atom is 0.190 e. The van der Waals surface area contributed by atoms with E-state index in [4.69, 9.17) is 9.73 Å². The second kappa shape index (κ2) is 5.84. The highest BCUT2D eigenvalue weighted by Crippen LogP contribution is 2.75. The quantitative estimate of drug-likeness (QED) is 0.614. The smallest absolute Gasteiger partial charge is 0.190 e. The van der Waals surface area contributed by atoms with E-state index in [-0.39, 0.29) is 19.4 Å². The van der Waals surface area contributed by atoms with Crippen LogP contribution in [0.3, 0.4) is 0 Å². The van der Waals surface area contributed by atoms with Gasteiger partial charge in [0.05, 0.1) is 5.41 Å². The van der Waals surface area contributed by atoms with Crippen molar-refractivity contribution >= 4 is 13.8 Å². The Morgan fingerprint density at radius 2 is 1.62 bits per heavy atom. The maximum atomic E-state index is 6.11. The molecule has 0 amide bonds. The summed E-state index contributed by atoms with van der Waals surface area (Å²) in [4.78, 5) is 4.99. The molecule has 0 saturated heterocycles. The highest BCUT2D eigenvalue weighted by atomic mass is 31.1. The predicted octanol–water partition coefficient (Wildman–Crippen LogP) is 6.01. The van der Waals surface area contributed by atoms with E-state index in [0.717, 1.165) is 11.6 Å².